The molecular weight excluding hydrogens is 464 g/mol. The predicted molar refractivity (Wildman–Crippen MR) is 114 cm³/mol. The fourth-order valence-electron chi connectivity index (χ4n) is 3.06. The van der Waals surface area contributed by atoms with E-state index in [0.29, 0.717) is 35.8 Å². The van der Waals surface area contributed by atoms with E-state index in [-0.39, 0.29) is 17.9 Å². The van der Waals surface area contributed by atoms with Crippen LogP contribution in [0.4, 0.5) is 5.69 Å². The van der Waals surface area contributed by atoms with Crippen molar-refractivity contribution in [3.8, 4) is 5.75 Å². The maximum absolute atomic E-state index is 12.7. The van der Waals surface area contributed by atoms with Crippen molar-refractivity contribution in [3.05, 3.63) is 40.2 Å². The van der Waals surface area contributed by atoms with E-state index in [1.807, 2.05) is 38.1 Å². The van der Waals surface area contributed by atoms with Crippen molar-refractivity contribution in [3.63, 3.8) is 0 Å². The molecule has 1 aromatic heterocycles. The number of hydrogen-bond donors (Lipinski definition) is 1. The van der Waals surface area contributed by atoms with Crippen LogP contribution in [0, 0.1) is 5.92 Å². The lowest BCUT2D eigenvalue weighted by molar-refractivity contribution is -0.120. The summed E-state index contributed by atoms with van der Waals surface area (Å²) in [4.78, 5) is 12.5. The highest BCUT2D eigenvalue weighted by molar-refractivity contribution is 9.11. The van der Waals surface area contributed by atoms with Crippen LogP contribution in [0.15, 0.2) is 44.4 Å². The first-order valence-corrected chi connectivity index (χ1v) is 12.1. The van der Waals surface area contributed by atoms with Crippen molar-refractivity contribution in [1.29, 1.82) is 0 Å². The molecule has 152 valence electrons. The normalized spacial score (nSPS) is 16.3. The number of amides is 1. The number of piperidine rings is 1. The molecule has 2 heterocycles. The fraction of sp³-hybridized carbons (Fsp3) is 0.421. The van der Waals surface area contributed by atoms with Gasteiger partial charge in [0.05, 0.1) is 9.89 Å². The first-order valence-electron chi connectivity index (χ1n) is 9.09. The Kier molecular flexibility index (Phi) is 6.80. The number of nitrogens with one attached hydrogen (secondary N) is 1. The lowest BCUT2D eigenvalue weighted by Gasteiger charge is -2.30. The third-order valence-corrected chi connectivity index (χ3v) is 8.45. The fourth-order valence-corrected chi connectivity index (χ4v) is 6.69. The predicted octanol–water partition coefficient (Wildman–Crippen LogP) is 4.34. The van der Waals surface area contributed by atoms with Crippen LogP contribution in [0.25, 0.3) is 0 Å². The maximum Gasteiger partial charge on any atom is 0.252 e. The van der Waals surface area contributed by atoms with Gasteiger partial charge in [-0.2, -0.15) is 4.31 Å². The largest absolute Gasteiger partial charge is 0.491 e. The molecule has 6 nitrogen and oxygen atoms in total. The Hall–Kier alpha value is -1.42. The molecule has 1 aliphatic rings. The van der Waals surface area contributed by atoms with Gasteiger partial charge in [0.1, 0.15) is 9.96 Å². The molecule has 0 unspecified atom stereocenters. The van der Waals surface area contributed by atoms with Crippen molar-refractivity contribution in [1.82, 2.24) is 4.31 Å². The third-order valence-electron chi connectivity index (χ3n) is 4.46. The Labute approximate surface area is 178 Å². The van der Waals surface area contributed by atoms with E-state index in [9.17, 15) is 13.2 Å². The third kappa shape index (κ3) is 5.14. The van der Waals surface area contributed by atoms with Gasteiger partial charge in [-0.1, -0.05) is 0 Å². The number of ether oxygens (including phenoxy) is 1. The summed E-state index contributed by atoms with van der Waals surface area (Å²) in [5.41, 5.74) is 0.708. The minimum atomic E-state index is -3.49. The Morgan fingerprint density at radius 3 is 2.36 bits per heavy atom. The highest BCUT2D eigenvalue weighted by Gasteiger charge is 2.32. The molecule has 1 fully saturated rings. The molecule has 1 amide bonds. The number of sulfonamides is 1. The van der Waals surface area contributed by atoms with Crippen molar-refractivity contribution >= 4 is 48.9 Å². The number of anilines is 1. The molecule has 0 aliphatic carbocycles. The number of rotatable bonds is 6. The van der Waals surface area contributed by atoms with Gasteiger partial charge >= 0.3 is 0 Å². The summed E-state index contributed by atoms with van der Waals surface area (Å²) in [5.74, 6) is 0.480. The van der Waals surface area contributed by atoms with Gasteiger partial charge in [0.2, 0.25) is 5.91 Å². The molecule has 1 saturated heterocycles. The number of benzene rings is 1. The van der Waals surface area contributed by atoms with E-state index in [2.05, 4.69) is 21.2 Å². The highest BCUT2D eigenvalue weighted by Crippen LogP contribution is 2.31. The molecule has 1 N–H and O–H groups in total. The summed E-state index contributed by atoms with van der Waals surface area (Å²) in [5, 5.41) is 2.91. The van der Waals surface area contributed by atoms with Crippen LogP contribution < -0.4 is 10.1 Å². The van der Waals surface area contributed by atoms with Gasteiger partial charge < -0.3 is 10.1 Å². The van der Waals surface area contributed by atoms with Crippen molar-refractivity contribution in [2.24, 2.45) is 5.92 Å². The zero-order valence-corrected chi connectivity index (χ0v) is 18.9. The molecular formula is C19H23BrN2O4S2. The number of thiophene rings is 1. The lowest BCUT2D eigenvalue weighted by atomic mass is 9.97. The summed E-state index contributed by atoms with van der Waals surface area (Å²) in [6.07, 6.45) is 1.11. The Morgan fingerprint density at radius 1 is 1.18 bits per heavy atom. The van der Waals surface area contributed by atoms with Crippen LogP contribution in [0.3, 0.4) is 0 Å². The number of carbonyl (C=O) groups excluding carboxylic acids is 1. The average molecular weight is 487 g/mol. The van der Waals surface area contributed by atoms with Gasteiger partial charge in [0, 0.05) is 24.7 Å². The minimum Gasteiger partial charge on any atom is -0.491 e. The Balaban J connectivity index is 1.55. The van der Waals surface area contributed by atoms with Gasteiger partial charge in [-0.15, -0.1) is 11.3 Å². The maximum atomic E-state index is 12.7. The van der Waals surface area contributed by atoms with Crippen LogP contribution >= 0.6 is 27.3 Å². The van der Waals surface area contributed by atoms with E-state index in [1.54, 1.807) is 12.1 Å². The second-order valence-electron chi connectivity index (χ2n) is 6.92. The molecule has 2 aromatic rings. The van der Waals surface area contributed by atoms with E-state index in [4.69, 9.17) is 4.74 Å². The van der Waals surface area contributed by atoms with Crippen LogP contribution in [0.2, 0.25) is 0 Å². The summed E-state index contributed by atoms with van der Waals surface area (Å²) < 4.78 is 33.5. The number of carbonyl (C=O) groups is 1. The first kappa shape index (κ1) is 21.3. The quantitative estimate of drug-likeness (QED) is 0.658. The van der Waals surface area contributed by atoms with Crippen molar-refractivity contribution < 1.29 is 17.9 Å². The molecule has 3 rings (SSSR count). The summed E-state index contributed by atoms with van der Waals surface area (Å²) >= 11 is 4.50. The van der Waals surface area contributed by atoms with Crippen LogP contribution in [0.1, 0.15) is 26.7 Å². The van der Waals surface area contributed by atoms with Gasteiger partial charge in [0.15, 0.2) is 0 Å². The summed E-state index contributed by atoms with van der Waals surface area (Å²) in [7, 11) is -3.49. The molecule has 1 aromatic carbocycles. The molecule has 9 heteroatoms. The zero-order chi connectivity index (χ0) is 20.3. The second kappa shape index (κ2) is 8.94. The monoisotopic (exact) mass is 486 g/mol. The first-order chi connectivity index (χ1) is 13.3. The van der Waals surface area contributed by atoms with Gasteiger partial charge in [0.25, 0.3) is 10.0 Å². The van der Waals surface area contributed by atoms with Crippen molar-refractivity contribution in [2.45, 2.75) is 37.0 Å². The van der Waals surface area contributed by atoms with Gasteiger partial charge in [-0.05, 0) is 79.0 Å². The van der Waals surface area contributed by atoms with Gasteiger partial charge in [-0.3, -0.25) is 4.79 Å². The molecule has 28 heavy (non-hydrogen) atoms. The van der Waals surface area contributed by atoms with Gasteiger partial charge in [-0.25, -0.2) is 8.42 Å². The molecule has 0 atom stereocenters. The topological polar surface area (TPSA) is 75.7 Å². The summed E-state index contributed by atoms with van der Waals surface area (Å²) in [6, 6.07) is 10.6. The van der Waals surface area contributed by atoms with Crippen LogP contribution in [-0.4, -0.2) is 37.8 Å². The Morgan fingerprint density at radius 2 is 1.82 bits per heavy atom. The minimum absolute atomic E-state index is 0.0755. The molecule has 0 spiro atoms. The van der Waals surface area contributed by atoms with E-state index < -0.39 is 10.0 Å². The van der Waals surface area contributed by atoms with Crippen molar-refractivity contribution in [2.75, 3.05) is 18.4 Å². The van der Waals surface area contributed by atoms with Crippen LogP contribution in [-0.2, 0) is 14.8 Å². The highest BCUT2D eigenvalue weighted by atomic mass is 79.9. The number of nitrogens with zero attached hydrogens (tertiary/aromatic N) is 1. The SMILES string of the molecule is CC(C)Oc1ccc(NC(=O)C2CCN(S(=O)(=O)c3ccc(Br)s3)CC2)cc1. The van der Waals surface area contributed by atoms with E-state index in [0.717, 1.165) is 9.54 Å². The average Bonchev–Trinajstić information content (AvgIpc) is 3.10. The number of halogens is 1. The molecule has 0 radical (unpaired) electrons. The smallest absolute Gasteiger partial charge is 0.252 e. The van der Waals surface area contributed by atoms with E-state index >= 15 is 0 Å². The van der Waals surface area contributed by atoms with Crippen LogP contribution in [0.5, 0.6) is 5.75 Å². The van der Waals surface area contributed by atoms with E-state index in [1.165, 1.54) is 15.6 Å². The Bertz CT molecular complexity index is 918. The molecule has 0 bridgehead atoms. The standard InChI is InChI=1S/C19H23BrN2O4S2/c1-13(2)26-16-5-3-15(4-6-16)21-19(23)14-9-11-22(12-10-14)28(24,25)18-8-7-17(20)27-18/h3-8,13-14H,9-12H2,1-2H3,(H,21,23). The molecule has 1 aliphatic heterocycles. The number of hydrogen-bond acceptors (Lipinski definition) is 5. The molecule has 0 saturated carbocycles. The lowest BCUT2D eigenvalue weighted by Crippen LogP contribution is -2.41. The zero-order valence-electron chi connectivity index (χ0n) is 15.7. The summed E-state index contributed by atoms with van der Waals surface area (Å²) in [6.45, 7) is 4.60. The second-order valence-corrected chi connectivity index (χ2v) is 11.5.